The Morgan fingerprint density at radius 2 is 0.821 bits per heavy atom. The third-order valence-corrected chi connectivity index (χ3v) is 13.6. The maximum atomic E-state index is 13.9. The zero-order valence-corrected chi connectivity index (χ0v) is 32.8. The number of aromatic nitrogens is 4. The van der Waals surface area contributed by atoms with Gasteiger partial charge >= 0.3 is 11.4 Å². The van der Waals surface area contributed by atoms with Crippen molar-refractivity contribution >= 4 is 41.9 Å². The number of aryl methyl sites for hydroxylation is 2. The Balaban J connectivity index is 1.18. The van der Waals surface area contributed by atoms with Gasteiger partial charge in [0.05, 0.1) is 31.6 Å². The van der Waals surface area contributed by atoms with Crippen molar-refractivity contribution in [3.05, 3.63) is 150 Å². The van der Waals surface area contributed by atoms with Gasteiger partial charge in [-0.05, 0) is 88.1 Å². The SMILES string of the molecule is Cc1ccc(S(=O)(=O)N(CCCCN(CCCn2c(=O)[nH]c3ccccc3c2=O)S(=O)(=O)c2ccc(C)cc2)CCCn2c(=O)[nH]c3ccccc3c2=O)cc1. The first-order valence-electron chi connectivity index (χ1n) is 18.3. The molecule has 4 aromatic carbocycles. The lowest BCUT2D eigenvalue weighted by molar-refractivity contribution is 0.353. The van der Waals surface area contributed by atoms with Gasteiger partial charge in [0.25, 0.3) is 11.1 Å². The Hall–Kier alpha value is -5.42. The molecule has 0 aliphatic heterocycles. The van der Waals surface area contributed by atoms with Crippen LogP contribution in [-0.2, 0) is 33.1 Å². The van der Waals surface area contributed by atoms with E-state index in [0.717, 1.165) is 20.3 Å². The Kier molecular flexibility index (Phi) is 12.3. The summed E-state index contributed by atoms with van der Waals surface area (Å²) in [4.78, 5) is 57.4. The number of benzene rings is 4. The van der Waals surface area contributed by atoms with E-state index in [4.69, 9.17) is 0 Å². The van der Waals surface area contributed by atoms with E-state index >= 15 is 0 Å². The quantitative estimate of drug-likeness (QED) is 0.130. The van der Waals surface area contributed by atoms with Crippen LogP contribution >= 0.6 is 0 Å². The van der Waals surface area contributed by atoms with E-state index in [1.54, 1.807) is 72.8 Å². The van der Waals surface area contributed by atoms with Gasteiger partial charge in [-0.1, -0.05) is 59.7 Å². The lowest BCUT2D eigenvalue weighted by Crippen LogP contribution is -2.38. The number of para-hydroxylation sites is 2. The maximum Gasteiger partial charge on any atom is 0.328 e. The summed E-state index contributed by atoms with van der Waals surface area (Å²) in [6.07, 6.45) is 0.887. The van der Waals surface area contributed by atoms with Crippen LogP contribution in [0, 0.1) is 13.8 Å². The number of hydrogen-bond acceptors (Lipinski definition) is 8. The number of rotatable bonds is 17. The summed E-state index contributed by atoms with van der Waals surface area (Å²) < 4.78 is 60.5. The van der Waals surface area contributed by atoms with Crippen LogP contribution in [0.25, 0.3) is 21.8 Å². The highest BCUT2D eigenvalue weighted by Gasteiger charge is 2.27. The molecule has 0 spiro atoms. The van der Waals surface area contributed by atoms with E-state index in [1.165, 1.54) is 32.9 Å². The van der Waals surface area contributed by atoms with Crippen LogP contribution in [-0.4, -0.2) is 70.7 Å². The van der Waals surface area contributed by atoms with Crippen LogP contribution in [0.1, 0.15) is 36.8 Å². The lowest BCUT2D eigenvalue weighted by atomic mass is 10.2. The summed E-state index contributed by atoms with van der Waals surface area (Å²) in [5, 5.41) is 0.690. The normalized spacial score (nSPS) is 12.3. The fourth-order valence-electron chi connectivity index (χ4n) is 6.61. The maximum absolute atomic E-state index is 13.9. The molecule has 2 heterocycles. The second-order valence-electron chi connectivity index (χ2n) is 13.7. The first-order chi connectivity index (χ1) is 26.8. The third-order valence-electron chi connectivity index (χ3n) is 9.74. The van der Waals surface area contributed by atoms with Gasteiger partial charge in [0.2, 0.25) is 20.0 Å². The van der Waals surface area contributed by atoms with E-state index in [-0.39, 0.29) is 74.7 Å². The Morgan fingerprint density at radius 3 is 1.20 bits per heavy atom. The van der Waals surface area contributed by atoms with Gasteiger partial charge in [-0.25, -0.2) is 26.4 Å². The summed E-state index contributed by atoms with van der Waals surface area (Å²) >= 11 is 0. The van der Waals surface area contributed by atoms with Crippen LogP contribution in [0.4, 0.5) is 0 Å². The fourth-order valence-corrected chi connectivity index (χ4v) is 9.65. The van der Waals surface area contributed by atoms with Crippen LogP contribution < -0.4 is 22.5 Å². The molecule has 14 nitrogen and oxygen atoms in total. The van der Waals surface area contributed by atoms with Crippen molar-refractivity contribution in [2.45, 2.75) is 62.4 Å². The fraction of sp³-hybridized carbons (Fsp3) is 0.300. The molecule has 2 N–H and O–H groups in total. The second kappa shape index (κ2) is 17.2. The number of hydrogen-bond donors (Lipinski definition) is 2. The number of H-pyrrole nitrogens is 2. The standard InChI is InChI=1S/C40H44N6O8S2/c1-29-15-19-31(20-16-29)55(51,52)43(25-9-27-45-37(47)33-11-3-5-13-35(33)41-39(45)49)23-7-8-24-44(56(53,54)32-21-17-30(2)18-22-32)26-10-28-46-38(48)34-12-4-6-14-36(34)42-40(46)50/h3-6,11-22H,7-10,23-28H2,1-2H3,(H,41,49)(H,42,50). The monoisotopic (exact) mass is 800 g/mol. The van der Waals surface area contributed by atoms with Crippen LogP contribution in [0.2, 0.25) is 0 Å². The molecular weight excluding hydrogens is 757 g/mol. The minimum atomic E-state index is -4.01. The van der Waals surface area contributed by atoms with Crippen molar-refractivity contribution in [2.24, 2.45) is 0 Å². The minimum absolute atomic E-state index is 0.00461. The van der Waals surface area contributed by atoms with Crippen molar-refractivity contribution in [2.75, 3.05) is 26.2 Å². The van der Waals surface area contributed by atoms with Gasteiger partial charge in [0, 0.05) is 39.3 Å². The average molecular weight is 801 g/mol. The highest BCUT2D eigenvalue weighted by Crippen LogP contribution is 2.20. The molecule has 56 heavy (non-hydrogen) atoms. The summed E-state index contributed by atoms with van der Waals surface area (Å²) in [5.41, 5.74) is 0.475. The number of sulfonamides is 2. The van der Waals surface area contributed by atoms with Crippen molar-refractivity contribution in [3.63, 3.8) is 0 Å². The molecule has 0 unspecified atom stereocenters. The van der Waals surface area contributed by atoms with Crippen LogP contribution in [0.5, 0.6) is 0 Å². The van der Waals surface area contributed by atoms with Gasteiger partial charge in [-0.3, -0.25) is 18.7 Å². The van der Waals surface area contributed by atoms with Crippen molar-refractivity contribution in [1.82, 2.24) is 27.7 Å². The van der Waals surface area contributed by atoms with Crippen molar-refractivity contribution in [1.29, 1.82) is 0 Å². The molecule has 6 rings (SSSR count). The first kappa shape index (κ1) is 40.2. The smallest absolute Gasteiger partial charge is 0.307 e. The molecule has 0 radical (unpaired) electrons. The van der Waals surface area contributed by atoms with E-state index in [9.17, 15) is 36.0 Å². The van der Waals surface area contributed by atoms with Crippen LogP contribution in [0.15, 0.2) is 126 Å². The number of fused-ring (bicyclic) bond motifs is 2. The molecule has 0 atom stereocenters. The first-order valence-corrected chi connectivity index (χ1v) is 21.2. The number of nitrogens with zero attached hydrogens (tertiary/aromatic N) is 4. The predicted molar refractivity (Wildman–Crippen MR) is 216 cm³/mol. The number of nitrogens with one attached hydrogen (secondary N) is 2. The minimum Gasteiger partial charge on any atom is -0.307 e. The van der Waals surface area contributed by atoms with E-state index in [0.29, 0.717) is 21.8 Å². The third kappa shape index (κ3) is 8.83. The molecular formula is C40H44N6O8S2. The number of aromatic amines is 2. The molecule has 0 saturated heterocycles. The topological polar surface area (TPSA) is 184 Å². The van der Waals surface area contributed by atoms with E-state index in [1.807, 2.05) is 13.8 Å². The average Bonchev–Trinajstić information content (AvgIpc) is 3.17. The summed E-state index contributed by atoms with van der Waals surface area (Å²) in [6.45, 7) is 3.72. The Bertz CT molecular complexity index is 2620. The molecule has 0 fully saturated rings. The molecule has 0 aliphatic rings. The Labute approximate surface area is 323 Å². The molecule has 0 amide bonds. The molecule has 294 valence electrons. The van der Waals surface area contributed by atoms with E-state index < -0.39 is 42.5 Å². The zero-order chi connectivity index (χ0) is 40.0. The molecule has 0 bridgehead atoms. The Morgan fingerprint density at radius 1 is 0.482 bits per heavy atom. The van der Waals surface area contributed by atoms with Gasteiger partial charge in [0.15, 0.2) is 0 Å². The lowest BCUT2D eigenvalue weighted by Gasteiger charge is -2.25. The van der Waals surface area contributed by atoms with Crippen molar-refractivity contribution < 1.29 is 16.8 Å². The van der Waals surface area contributed by atoms with Gasteiger partial charge in [-0.2, -0.15) is 8.61 Å². The van der Waals surface area contributed by atoms with E-state index in [2.05, 4.69) is 9.97 Å². The summed E-state index contributed by atoms with van der Waals surface area (Å²) in [7, 11) is -8.02. The molecule has 6 aromatic rings. The molecule has 0 aliphatic carbocycles. The predicted octanol–water partition coefficient (Wildman–Crippen LogP) is 3.95. The second-order valence-corrected chi connectivity index (χ2v) is 17.6. The molecule has 0 saturated carbocycles. The zero-order valence-electron chi connectivity index (χ0n) is 31.2. The van der Waals surface area contributed by atoms with Crippen molar-refractivity contribution in [3.8, 4) is 0 Å². The highest BCUT2D eigenvalue weighted by atomic mass is 32.2. The summed E-state index contributed by atoms with van der Waals surface area (Å²) in [6, 6.07) is 26.2. The molecule has 16 heteroatoms. The largest absolute Gasteiger partial charge is 0.328 e. The van der Waals surface area contributed by atoms with Gasteiger partial charge in [0.1, 0.15) is 0 Å². The number of unbranched alkanes of at least 4 members (excludes halogenated alkanes) is 1. The molecule has 2 aromatic heterocycles. The van der Waals surface area contributed by atoms with Crippen LogP contribution in [0.3, 0.4) is 0 Å². The van der Waals surface area contributed by atoms with Gasteiger partial charge < -0.3 is 9.97 Å². The van der Waals surface area contributed by atoms with Gasteiger partial charge in [-0.15, -0.1) is 0 Å². The summed E-state index contributed by atoms with van der Waals surface area (Å²) in [5.74, 6) is 0. The highest BCUT2D eigenvalue weighted by molar-refractivity contribution is 7.89.